The number of rotatable bonds is 3. The van der Waals surface area contributed by atoms with Gasteiger partial charge in [-0.05, 0) is 37.3 Å². The van der Waals surface area contributed by atoms with Gasteiger partial charge in [-0.2, -0.15) is 0 Å². The molecule has 1 saturated carbocycles. The largest absolute Gasteiger partial charge is 0.347 e. The minimum absolute atomic E-state index is 0.0757. The number of nitrogens with one attached hydrogen (secondary N) is 1. The predicted octanol–water partition coefficient (Wildman–Crippen LogP) is 2.02. The molecule has 0 unspecified atom stereocenters. The second-order valence-corrected chi connectivity index (χ2v) is 6.50. The molecular weight excluding hydrogens is 288 g/mol. The number of aromatic nitrogens is 2. The van der Waals surface area contributed by atoms with Gasteiger partial charge in [0.05, 0.1) is 23.3 Å². The van der Waals surface area contributed by atoms with Crippen LogP contribution in [0.1, 0.15) is 57.8 Å². The van der Waals surface area contributed by atoms with Gasteiger partial charge in [0.2, 0.25) is 0 Å². The molecule has 1 fully saturated rings. The summed E-state index contributed by atoms with van der Waals surface area (Å²) < 4.78 is 0. The van der Waals surface area contributed by atoms with E-state index in [1.54, 1.807) is 6.20 Å². The van der Waals surface area contributed by atoms with E-state index in [1.807, 2.05) is 25.1 Å². The Hall–Kier alpha value is -2.27. The maximum atomic E-state index is 12.7. The lowest BCUT2D eigenvalue weighted by Crippen LogP contribution is -2.41. The number of amides is 1. The zero-order valence-electron chi connectivity index (χ0n) is 13.1. The summed E-state index contributed by atoms with van der Waals surface area (Å²) in [6.07, 6.45) is 4.63. The summed E-state index contributed by atoms with van der Waals surface area (Å²) in [6.45, 7) is 1.86. The molecular formula is C18H20N4O. The molecule has 0 saturated heterocycles. The maximum absolute atomic E-state index is 12.7. The van der Waals surface area contributed by atoms with Crippen molar-refractivity contribution in [1.82, 2.24) is 15.3 Å². The second-order valence-electron chi connectivity index (χ2n) is 6.50. The van der Waals surface area contributed by atoms with Crippen molar-refractivity contribution >= 4 is 5.91 Å². The summed E-state index contributed by atoms with van der Waals surface area (Å²) in [5.74, 6) is 1.01. The van der Waals surface area contributed by atoms with E-state index in [1.165, 1.54) is 5.56 Å². The van der Waals surface area contributed by atoms with Gasteiger partial charge in [-0.15, -0.1) is 0 Å². The Labute approximate surface area is 135 Å². The first-order valence-electron chi connectivity index (χ1n) is 8.11. The lowest BCUT2D eigenvalue weighted by Gasteiger charge is -2.18. The summed E-state index contributed by atoms with van der Waals surface area (Å²) >= 11 is 0. The van der Waals surface area contributed by atoms with Gasteiger partial charge in [0.15, 0.2) is 0 Å². The summed E-state index contributed by atoms with van der Waals surface area (Å²) in [7, 11) is 0. The highest BCUT2D eigenvalue weighted by Gasteiger charge is 2.34. The molecule has 5 heteroatoms. The van der Waals surface area contributed by atoms with Crippen LogP contribution in [0.15, 0.2) is 30.5 Å². The third-order valence-electron chi connectivity index (χ3n) is 4.75. The number of nitrogens with two attached hydrogens (primary N) is 1. The lowest BCUT2D eigenvalue weighted by atomic mass is 10.1. The molecule has 2 atom stereocenters. The van der Waals surface area contributed by atoms with Crippen LogP contribution in [0.3, 0.4) is 0 Å². The Kier molecular flexibility index (Phi) is 3.38. The van der Waals surface area contributed by atoms with Gasteiger partial charge in [0.1, 0.15) is 5.82 Å². The van der Waals surface area contributed by atoms with E-state index in [0.29, 0.717) is 17.3 Å². The van der Waals surface area contributed by atoms with Crippen molar-refractivity contribution in [3.05, 3.63) is 58.7 Å². The summed E-state index contributed by atoms with van der Waals surface area (Å²) in [4.78, 5) is 21.4. The molecule has 1 aromatic heterocycles. The van der Waals surface area contributed by atoms with Gasteiger partial charge >= 0.3 is 0 Å². The van der Waals surface area contributed by atoms with Crippen LogP contribution in [-0.4, -0.2) is 21.9 Å². The molecule has 1 heterocycles. The smallest absolute Gasteiger partial charge is 0.255 e. The minimum Gasteiger partial charge on any atom is -0.347 e. The van der Waals surface area contributed by atoms with E-state index in [0.717, 1.165) is 30.5 Å². The minimum atomic E-state index is -0.161. The first-order valence-corrected chi connectivity index (χ1v) is 8.11. The molecule has 0 bridgehead atoms. The van der Waals surface area contributed by atoms with Gasteiger partial charge in [-0.25, -0.2) is 9.97 Å². The average molecular weight is 308 g/mol. The van der Waals surface area contributed by atoms with E-state index in [4.69, 9.17) is 5.73 Å². The standard InChI is InChI=1S/C18H20N4O/c1-10-20-9-14(17(21-10)11-6-7-11)18(23)22-15-8-12-4-2-3-5-13(12)16(15)19/h2-5,9,11,15-16H,6-8,19H2,1H3,(H,22,23)/t15-,16-/m1/s1. The maximum Gasteiger partial charge on any atom is 0.255 e. The number of aryl methyl sites for hydroxylation is 1. The predicted molar refractivity (Wildman–Crippen MR) is 87.1 cm³/mol. The quantitative estimate of drug-likeness (QED) is 0.909. The van der Waals surface area contributed by atoms with Crippen LogP contribution in [0.2, 0.25) is 0 Å². The molecule has 3 N–H and O–H groups in total. The van der Waals surface area contributed by atoms with Gasteiger partial charge in [0.25, 0.3) is 5.91 Å². The van der Waals surface area contributed by atoms with Gasteiger partial charge < -0.3 is 11.1 Å². The number of hydrogen-bond acceptors (Lipinski definition) is 4. The first-order chi connectivity index (χ1) is 11.1. The van der Waals surface area contributed by atoms with Crippen LogP contribution in [0.25, 0.3) is 0 Å². The average Bonchev–Trinajstić information content (AvgIpc) is 3.34. The van der Waals surface area contributed by atoms with Crippen LogP contribution in [0, 0.1) is 6.92 Å². The summed E-state index contributed by atoms with van der Waals surface area (Å²) in [5.41, 5.74) is 10.1. The van der Waals surface area contributed by atoms with Crippen LogP contribution < -0.4 is 11.1 Å². The van der Waals surface area contributed by atoms with Crippen LogP contribution in [0.4, 0.5) is 0 Å². The lowest BCUT2D eigenvalue weighted by molar-refractivity contribution is 0.0931. The Morgan fingerprint density at radius 3 is 2.83 bits per heavy atom. The molecule has 118 valence electrons. The summed E-state index contributed by atoms with van der Waals surface area (Å²) in [6, 6.07) is 7.87. The van der Waals surface area contributed by atoms with Crippen molar-refractivity contribution in [2.45, 2.75) is 44.2 Å². The van der Waals surface area contributed by atoms with Crippen molar-refractivity contribution in [2.24, 2.45) is 5.73 Å². The van der Waals surface area contributed by atoms with Crippen molar-refractivity contribution in [1.29, 1.82) is 0 Å². The molecule has 0 aliphatic heterocycles. The highest BCUT2D eigenvalue weighted by molar-refractivity contribution is 5.95. The SMILES string of the molecule is Cc1ncc(C(=O)N[C@@H]2Cc3ccccc3[C@H]2N)c(C2CC2)n1. The molecule has 0 radical (unpaired) electrons. The molecule has 2 aliphatic rings. The Balaban J connectivity index is 1.56. The van der Waals surface area contributed by atoms with Crippen LogP contribution >= 0.6 is 0 Å². The van der Waals surface area contributed by atoms with E-state index in [-0.39, 0.29) is 18.0 Å². The number of fused-ring (bicyclic) bond motifs is 1. The molecule has 0 spiro atoms. The van der Waals surface area contributed by atoms with E-state index in [9.17, 15) is 4.79 Å². The van der Waals surface area contributed by atoms with Gasteiger partial charge in [-0.3, -0.25) is 4.79 Å². The number of nitrogens with zero attached hydrogens (tertiary/aromatic N) is 2. The van der Waals surface area contributed by atoms with E-state index < -0.39 is 0 Å². The fraction of sp³-hybridized carbons (Fsp3) is 0.389. The van der Waals surface area contributed by atoms with E-state index >= 15 is 0 Å². The Morgan fingerprint density at radius 2 is 2.09 bits per heavy atom. The number of benzene rings is 1. The van der Waals surface area contributed by atoms with Crippen molar-refractivity contribution in [2.75, 3.05) is 0 Å². The highest BCUT2D eigenvalue weighted by atomic mass is 16.1. The zero-order valence-corrected chi connectivity index (χ0v) is 13.1. The molecule has 5 nitrogen and oxygen atoms in total. The molecule has 2 aliphatic carbocycles. The van der Waals surface area contributed by atoms with Crippen molar-refractivity contribution < 1.29 is 4.79 Å². The van der Waals surface area contributed by atoms with Crippen molar-refractivity contribution in [3.63, 3.8) is 0 Å². The fourth-order valence-corrected chi connectivity index (χ4v) is 3.34. The van der Waals surface area contributed by atoms with Gasteiger partial charge in [0, 0.05) is 12.1 Å². The normalized spacial score (nSPS) is 22.7. The molecule has 4 rings (SSSR count). The molecule has 1 aromatic carbocycles. The third kappa shape index (κ3) is 2.61. The molecule has 2 aromatic rings. The molecule has 23 heavy (non-hydrogen) atoms. The summed E-state index contributed by atoms with van der Waals surface area (Å²) in [5, 5.41) is 3.09. The topological polar surface area (TPSA) is 80.9 Å². The monoisotopic (exact) mass is 308 g/mol. The fourth-order valence-electron chi connectivity index (χ4n) is 3.34. The first kappa shape index (κ1) is 14.3. The highest BCUT2D eigenvalue weighted by Crippen LogP contribution is 2.40. The van der Waals surface area contributed by atoms with Crippen LogP contribution in [0.5, 0.6) is 0 Å². The Morgan fingerprint density at radius 1 is 1.30 bits per heavy atom. The van der Waals surface area contributed by atoms with Gasteiger partial charge in [-0.1, -0.05) is 24.3 Å². The third-order valence-corrected chi connectivity index (χ3v) is 4.75. The second kappa shape index (κ2) is 5.42. The Bertz CT molecular complexity index is 769. The van der Waals surface area contributed by atoms with Crippen LogP contribution in [-0.2, 0) is 6.42 Å². The number of carbonyl (C=O) groups is 1. The number of carbonyl (C=O) groups excluding carboxylic acids is 1. The van der Waals surface area contributed by atoms with Crippen molar-refractivity contribution in [3.8, 4) is 0 Å². The zero-order chi connectivity index (χ0) is 16.0. The van der Waals surface area contributed by atoms with E-state index in [2.05, 4.69) is 21.4 Å². The molecule has 1 amide bonds. The number of hydrogen-bond donors (Lipinski definition) is 2.